The predicted octanol–water partition coefficient (Wildman–Crippen LogP) is 3.10. The normalized spacial score (nSPS) is 12.5. The van der Waals surface area contributed by atoms with Crippen molar-refractivity contribution in [2.24, 2.45) is 7.05 Å². The number of carbonyl (C=O) groups excluding carboxylic acids is 1. The van der Waals surface area contributed by atoms with Crippen molar-refractivity contribution in [3.63, 3.8) is 0 Å². The summed E-state index contributed by atoms with van der Waals surface area (Å²) in [6.07, 6.45) is 4.99. The summed E-state index contributed by atoms with van der Waals surface area (Å²) in [6.45, 7) is 4.23. The van der Waals surface area contributed by atoms with E-state index in [-0.39, 0.29) is 11.9 Å². The molecule has 0 aliphatic rings. The highest BCUT2D eigenvalue weighted by molar-refractivity contribution is 9.10. The fourth-order valence-electron chi connectivity index (χ4n) is 1.74. The molecule has 0 spiro atoms. The van der Waals surface area contributed by atoms with Gasteiger partial charge < -0.3 is 9.88 Å². The van der Waals surface area contributed by atoms with E-state index in [0.717, 1.165) is 23.7 Å². The minimum Gasteiger partial charge on any atom is -0.348 e. The summed E-state index contributed by atoms with van der Waals surface area (Å²) in [5, 5.41) is 3.06. The van der Waals surface area contributed by atoms with Crippen LogP contribution in [0.4, 0.5) is 0 Å². The van der Waals surface area contributed by atoms with E-state index < -0.39 is 0 Å². The molecule has 0 radical (unpaired) electrons. The van der Waals surface area contributed by atoms with Crippen LogP contribution in [0.25, 0.3) is 0 Å². The van der Waals surface area contributed by atoms with Crippen molar-refractivity contribution in [1.29, 1.82) is 0 Å². The van der Waals surface area contributed by atoms with Gasteiger partial charge in [-0.15, -0.1) is 0 Å². The van der Waals surface area contributed by atoms with Crippen LogP contribution in [0.2, 0.25) is 0 Å². The second kappa shape index (κ2) is 6.09. The van der Waals surface area contributed by atoms with Crippen molar-refractivity contribution < 1.29 is 4.79 Å². The van der Waals surface area contributed by atoms with Crippen molar-refractivity contribution in [2.45, 2.75) is 39.2 Å². The van der Waals surface area contributed by atoms with Gasteiger partial charge in [-0.25, -0.2) is 0 Å². The molecule has 1 amide bonds. The fraction of sp³-hybridized carbons (Fsp3) is 0.583. The van der Waals surface area contributed by atoms with E-state index in [1.54, 1.807) is 0 Å². The molecule has 0 aromatic carbocycles. The lowest BCUT2D eigenvalue weighted by molar-refractivity contribution is 0.0925. The molecule has 1 aromatic heterocycles. The topological polar surface area (TPSA) is 34.0 Å². The Hall–Kier alpha value is -0.770. The molecule has 1 rings (SSSR count). The van der Waals surface area contributed by atoms with Crippen molar-refractivity contribution in [3.8, 4) is 0 Å². The fourth-order valence-corrected chi connectivity index (χ4v) is 2.26. The quantitative estimate of drug-likeness (QED) is 0.887. The average molecular weight is 287 g/mol. The molecule has 16 heavy (non-hydrogen) atoms. The molecule has 3 nitrogen and oxygen atoms in total. The highest BCUT2D eigenvalue weighted by atomic mass is 79.9. The molecule has 0 saturated carbocycles. The van der Waals surface area contributed by atoms with E-state index in [4.69, 9.17) is 0 Å². The second-order valence-corrected chi connectivity index (χ2v) is 4.94. The number of aryl methyl sites for hydroxylation is 1. The van der Waals surface area contributed by atoms with Gasteiger partial charge in [-0.3, -0.25) is 4.79 Å². The summed E-state index contributed by atoms with van der Waals surface area (Å²) >= 11 is 3.36. The Bertz CT molecular complexity index is 360. The van der Waals surface area contributed by atoms with E-state index in [1.807, 2.05) is 23.9 Å². The number of carbonyl (C=O) groups is 1. The Kier molecular flexibility index (Phi) is 5.06. The Labute approximate surface area is 105 Å². The summed E-state index contributed by atoms with van der Waals surface area (Å²) in [4.78, 5) is 12.0. The number of amides is 1. The molecule has 1 N–H and O–H groups in total. The molecule has 1 unspecified atom stereocenters. The molecular weight excluding hydrogens is 268 g/mol. The van der Waals surface area contributed by atoms with Gasteiger partial charge in [0.25, 0.3) is 5.91 Å². The first-order valence-electron chi connectivity index (χ1n) is 5.71. The molecule has 0 fully saturated rings. The van der Waals surface area contributed by atoms with Crippen molar-refractivity contribution >= 4 is 21.8 Å². The molecule has 0 aliphatic carbocycles. The summed E-state index contributed by atoms with van der Waals surface area (Å²) < 4.78 is 2.77. The number of aromatic nitrogens is 1. The van der Waals surface area contributed by atoms with Crippen molar-refractivity contribution in [2.75, 3.05) is 0 Å². The first kappa shape index (κ1) is 13.3. The first-order chi connectivity index (χ1) is 7.58. The predicted molar refractivity (Wildman–Crippen MR) is 69.6 cm³/mol. The van der Waals surface area contributed by atoms with Crippen LogP contribution in [0, 0.1) is 0 Å². The lowest BCUT2D eigenvalue weighted by Crippen LogP contribution is -2.35. The van der Waals surface area contributed by atoms with E-state index in [9.17, 15) is 4.79 Å². The maximum Gasteiger partial charge on any atom is 0.268 e. The van der Waals surface area contributed by atoms with Gasteiger partial charge in [0.2, 0.25) is 0 Å². The lowest BCUT2D eigenvalue weighted by Gasteiger charge is -2.16. The standard InChI is InChI=1S/C12H19BrN2O/c1-4-6-10(5-2)14-12(16)11-7-9(13)8-15(11)3/h7-8,10H,4-6H2,1-3H3,(H,14,16). The van der Waals surface area contributed by atoms with E-state index >= 15 is 0 Å². The number of halogens is 1. The minimum atomic E-state index is 0.00787. The first-order valence-corrected chi connectivity index (χ1v) is 6.50. The van der Waals surface area contributed by atoms with Crippen molar-refractivity contribution in [1.82, 2.24) is 9.88 Å². The van der Waals surface area contributed by atoms with Crippen LogP contribution in [0.15, 0.2) is 16.7 Å². The van der Waals surface area contributed by atoms with E-state index in [0.29, 0.717) is 5.69 Å². The maximum absolute atomic E-state index is 12.0. The number of rotatable bonds is 5. The van der Waals surface area contributed by atoms with Gasteiger partial charge in [0, 0.05) is 23.8 Å². The monoisotopic (exact) mass is 286 g/mol. The minimum absolute atomic E-state index is 0.00787. The van der Waals surface area contributed by atoms with Crippen LogP contribution in [-0.2, 0) is 7.05 Å². The lowest BCUT2D eigenvalue weighted by atomic mass is 10.1. The van der Waals surface area contributed by atoms with Gasteiger partial charge in [0.1, 0.15) is 5.69 Å². The SMILES string of the molecule is CCCC(CC)NC(=O)c1cc(Br)cn1C. The number of nitrogens with zero attached hydrogens (tertiary/aromatic N) is 1. The van der Waals surface area contributed by atoms with Crippen molar-refractivity contribution in [3.05, 3.63) is 22.4 Å². The number of nitrogens with one attached hydrogen (secondary N) is 1. The molecular formula is C12H19BrN2O. The van der Waals surface area contributed by atoms with Crippen LogP contribution < -0.4 is 5.32 Å². The van der Waals surface area contributed by atoms with Gasteiger partial charge in [-0.05, 0) is 34.8 Å². The summed E-state index contributed by atoms with van der Waals surface area (Å²) in [5.41, 5.74) is 0.696. The Morgan fingerprint density at radius 2 is 2.25 bits per heavy atom. The summed E-state index contributed by atoms with van der Waals surface area (Å²) in [7, 11) is 1.88. The molecule has 90 valence electrons. The third-order valence-electron chi connectivity index (χ3n) is 2.67. The average Bonchev–Trinajstić information content (AvgIpc) is 2.57. The molecule has 0 aliphatic heterocycles. The van der Waals surface area contributed by atoms with Crippen LogP contribution >= 0.6 is 15.9 Å². The highest BCUT2D eigenvalue weighted by Gasteiger charge is 2.14. The van der Waals surface area contributed by atoms with Crippen LogP contribution in [0.5, 0.6) is 0 Å². The van der Waals surface area contributed by atoms with Gasteiger partial charge in [-0.1, -0.05) is 20.3 Å². The smallest absolute Gasteiger partial charge is 0.268 e. The Morgan fingerprint density at radius 3 is 2.69 bits per heavy atom. The zero-order valence-electron chi connectivity index (χ0n) is 10.1. The Balaban J connectivity index is 2.67. The highest BCUT2D eigenvalue weighted by Crippen LogP contribution is 2.14. The van der Waals surface area contributed by atoms with Crippen LogP contribution in [0.3, 0.4) is 0 Å². The van der Waals surface area contributed by atoms with Gasteiger partial charge in [0.15, 0.2) is 0 Å². The zero-order valence-corrected chi connectivity index (χ0v) is 11.7. The van der Waals surface area contributed by atoms with Crippen LogP contribution in [0.1, 0.15) is 43.6 Å². The molecule has 1 atom stereocenters. The molecule has 4 heteroatoms. The third-order valence-corrected chi connectivity index (χ3v) is 3.10. The molecule has 0 bridgehead atoms. The summed E-state index contributed by atoms with van der Waals surface area (Å²) in [5.74, 6) is 0.00787. The van der Waals surface area contributed by atoms with E-state index in [2.05, 4.69) is 35.1 Å². The van der Waals surface area contributed by atoms with Gasteiger partial charge >= 0.3 is 0 Å². The molecule has 0 saturated heterocycles. The van der Waals surface area contributed by atoms with E-state index in [1.165, 1.54) is 0 Å². The number of hydrogen-bond donors (Lipinski definition) is 1. The van der Waals surface area contributed by atoms with Gasteiger partial charge in [0.05, 0.1) is 0 Å². The summed E-state index contributed by atoms with van der Waals surface area (Å²) in [6, 6.07) is 2.12. The third kappa shape index (κ3) is 3.37. The Morgan fingerprint density at radius 1 is 1.56 bits per heavy atom. The molecule has 1 aromatic rings. The van der Waals surface area contributed by atoms with Crippen LogP contribution in [-0.4, -0.2) is 16.5 Å². The number of hydrogen-bond acceptors (Lipinski definition) is 1. The zero-order chi connectivity index (χ0) is 12.1. The molecule has 1 heterocycles. The maximum atomic E-state index is 12.0. The van der Waals surface area contributed by atoms with Gasteiger partial charge in [-0.2, -0.15) is 0 Å². The largest absolute Gasteiger partial charge is 0.348 e. The second-order valence-electron chi connectivity index (χ2n) is 4.02.